The Kier molecular flexibility index (Phi) is 4.87. The standard InChI is InChI=1S/C19H11Cl2N5O3/c20-11-7-12(21)9-13(8-11)23-19-24-17-16(18(27)25-19)15(4-5-22-17)10-2-1-3-14(6-10)26(28)29/h1-9H,(H2,22,23,24,25,27). The third-order valence-electron chi connectivity index (χ3n) is 4.10. The van der Waals surface area contributed by atoms with E-state index in [1.54, 1.807) is 36.4 Å². The van der Waals surface area contributed by atoms with Crippen LogP contribution in [0, 0.1) is 10.1 Å². The molecule has 10 heteroatoms. The van der Waals surface area contributed by atoms with Gasteiger partial charge in [0.25, 0.3) is 11.2 Å². The Morgan fingerprint density at radius 3 is 2.55 bits per heavy atom. The zero-order chi connectivity index (χ0) is 20.5. The number of aromatic amines is 1. The number of pyridine rings is 1. The zero-order valence-corrected chi connectivity index (χ0v) is 16.0. The maximum absolute atomic E-state index is 12.8. The number of benzene rings is 2. The molecular weight excluding hydrogens is 417 g/mol. The number of halogens is 2. The van der Waals surface area contributed by atoms with Gasteiger partial charge in [-0.25, -0.2) is 4.98 Å². The average Bonchev–Trinajstić information content (AvgIpc) is 2.66. The average molecular weight is 428 g/mol. The van der Waals surface area contributed by atoms with Crippen LogP contribution < -0.4 is 10.9 Å². The van der Waals surface area contributed by atoms with E-state index in [2.05, 4.69) is 20.3 Å². The molecule has 29 heavy (non-hydrogen) atoms. The maximum atomic E-state index is 12.8. The Labute approximate surface area is 173 Å². The summed E-state index contributed by atoms with van der Waals surface area (Å²) in [5, 5.41) is 15.1. The van der Waals surface area contributed by atoms with E-state index in [9.17, 15) is 14.9 Å². The highest BCUT2D eigenvalue weighted by molar-refractivity contribution is 6.35. The van der Waals surface area contributed by atoms with Gasteiger partial charge in [0.15, 0.2) is 5.65 Å². The highest BCUT2D eigenvalue weighted by Gasteiger charge is 2.14. The van der Waals surface area contributed by atoms with Gasteiger partial charge in [0.2, 0.25) is 5.95 Å². The second-order valence-corrected chi connectivity index (χ2v) is 6.94. The molecule has 8 nitrogen and oxygen atoms in total. The first-order valence-electron chi connectivity index (χ1n) is 8.28. The molecule has 0 radical (unpaired) electrons. The lowest BCUT2D eigenvalue weighted by atomic mass is 10.0. The topological polar surface area (TPSA) is 114 Å². The van der Waals surface area contributed by atoms with Crippen molar-refractivity contribution in [3.05, 3.63) is 85.2 Å². The molecule has 0 aliphatic heterocycles. The van der Waals surface area contributed by atoms with Gasteiger partial charge in [0, 0.05) is 39.6 Å². The Morgan fingerprint density at radius 2 is 1.83 bits per heavy atom. The largest absolute Gasteiger partial charge is 0.326 e. The molecule has 0 aliphatic rings. The molecule has 0 fully saturated rings. The predicted octanol–water partition coefficient (Wildman–Crippen LogP) is 4.94. The number of hydrogen-bond acceptors (Lipinski definition) is 6. The van der Waals surface area contributed by atoms with Gasteiger partial charge < -0.3 is 5.32 Å². The van der Waals surface area contributed by atoms with Crippen molar-refractivity contribution in [1.29, 1.82) is 0 Å². The molecule has 4 rings (SSSR count). The number of H-pyrrole nitrogens is 1. The van der Waals surface area contributed by atoms with E-state index >= 15 is 0 Å². The monoisotopic (exact) mass is 427 g/mol. The fraction of sp³-hybridized carbons (Fsp3) is 0. The lowest BCUT2D eigenvalue weighted by Gasteiger charge is -2.09. The van der Waals surface area contributed by atoms with Crippen LogP contribution in [-0.4, -0.2) is 19.9 Å². The zero-order valence-electron chi connectivity index (χ0n) is 14.5. The smallest absolute Gasteiger partial charge is 0.270 e. The van der Waals surface area contributed by atoms with Crippen LogP contribution in [0.1, 0.15) is 0 Å². The van der Waals surface area contributed by atoms with Gasteiger partial charge in [0.05, 0.1) is 10.3 Å². The minimum Gasteiger partial charge on any atom is -0.326 e. The number of rotatable bonds is 4. The molecule has 2 N–H and O–H groups in total. The third-order valence-corrected chi connectivity index (χ3v) is 4.54. The number of nitrogens with zero attached hydrogens (tertiary/aromatic N) is 3. The van der Waals surface area contributed by atoms with Crippen LogP contribution in [0.2, 0.25) is 10.0 Å². The number of nitro groups is 1. The van der Waals surface area contributed by atoms with E-state index < -0.39 is 10.5 Å². The fourth-order valence-corrected chi connectivity index (χ4v) is 3.44. The number of hydrogen-bond donors (Lipinski definition) is 2. The number of fused-ring (bicyclic) bond motifs is 1. The minimum absolute atomic E-state index is 0.0760. The number of nitrogens with one attached hydrogen (secondary N) is 2. The molecule has 0 spiro atoms. The first-order valence-corrected chi connectivity index (χ1v) is 9.03. The molecular formula is C19H11Cl2N5O3. The summed E-state index contributed by atoms with van der Waals surface area (Å²) in [5.74, 6) is 0.157. The summed E-state index contributed by atoms with van der Waals surface area (Å²) >= 11 is 12.0. The van der Waals surface area contributed by atoms with Crippen molar-refractivity contribution in [3.8, 4) is 11.1 Å². The Balaban J connectivity index is 1.81. The van der Waals surface area contributed by atoms with Crippen molar-refractivity contribution in [2.45, 2.75) is 0 Å². The highest BCUT2D eigenvalue weighted by Crippen LogP contribution is 2.28. The van der Waals surface area contributed by atoms with Crippen LogP contribution in [0.3, 0.4) is 0 Å². The van der Waals surface area contributed by atoms with Crippen molar-refractivity contribution in [2.24, 2.45) is 0 Å². The summed E-state index contributed by atoms with van der Waals surface area (Å²) in [7, 11) is 0. The summed E-state index contributed by atoms with van der Waals surface area (Å²) in [6, 6.07) is 12.5. The van der Waals surface area contributed by atoms with E-state index in [4.69, 9.17) is 23.2 Å². The highest BCUT2D eigenvalue weighted by atomic mass is 35.5. The van der Waals surface area contributed by atoms with Gasteiger partial charge in [-0.05, 0) is 29.8 Å². The molecule has 0 unspecified atom stereocenters. The second-order valence-electron chi connectivity index (χ2n) is 6.06. The summed E-state index contributed by atoms with van der Waals surface area (Å²) < 4.78 is 0. The van der Waals surface area contributed by atoms with Gasteiger partial charge in [-0.1, -0.05) is 35.3 Å². The van der Waals surface area contributed by atoms with Crippen molar-refractivity contribution < 1.29 is 4.92 Å². The molecule has 0 atom stereocenters. The van der Waals surface area contributed by atoms with Crippen LogP contribution in [0.5, 0.6) is 0 Å². The van der Waals surface area contributed by atoms with E-state index in [1.165, 1.54) is 18.3 Å². The molecule has 2 aromatic heterocycles. The SMILES string of the molecule is O=c1[nH]c(Nc2cc(Cl)cc(Cl)c2)nc2nccc(-c3cccc([N+](=O)[O-])c3)c12. The molecule has 144 valence electrons. The van der Waals surface area contributed by atoms with Gasteiger partial charge in [-0.15, -0.1) is 0 Å². The molecule has 0 saturated heterocycles. The summed E-state index contributed by atoms with van der Waals surface area (Å²) in [6.07, 6.45) is 1.49. The third kappa shape index (κ3) is 3.89. The Bertz CT molecular complexity index is 1300. The maximum Gasteiger partial charge on any atom is 0.270 e. The van der Waals surface area contributed by atoms with E-state index in [0.29, 0.717) is 26.9 Å². The summed E-state index contributed by atoms with van der Waals surface area (Å²) in [6.45, 7) is 0. The Hall–Kier alpha value is -3.49. The number of non-ortho nitro benzene ring substituents is 1. The first-order chi connectivity index (χ1) is 13.9. The van der Waals surface area contributed by atoms with Crippen molar-refractivity contribution in [3.63, 3.8) is 0 Å². The van der Waals surface area contributed by atoms with Crippen molar-refractivity contribution in [1.82, 2.24) is 15.0 Å². The molecule has 0 saturated carbocycles. The molecule has 4 aromatic rings. The van der Waals surface area contributed by atoms with Crippen molar-refractivity contribution >= 4 is 51.6 Å². The lowest BCUT2D eigenvalue weighted by Crippen LogP contribution is -2.13. The van der Waals surface area contributed by atoms with Gasteiger partial charge in [-0.3, -0.25) is 19.9 Å². The quantitative estimate of drug-likeness (QED) is 0.352. The molecule has 0 amide bonds. The predicted molar refractivity (Wildman–Crippen MR) is 112 cm³/mol. The normalized spacial score (nSPS) is 10.8. The first kappa shape index (κ1) is 18.9. The van der Waals surface area contributed by atoms with Gasteiger partial charge in [-0.2, -0.15) is 4.98 Å². The van der Waals surface area contributed by atoms with Crippen LogP contribution in [0.4, 0.5) is 17.3 Å². The molecule has 2 aromatic carbocycles. The fourth-order valence-electron chi connectivity index (χ4n) is 2.91. The number of aromatic nitrogens is 3. The van der Waals surface area contributed by atoms with Crippen LogP contribution in [0.15, 0.2) is 59.5 Å². The number of nitro benzene ring substituents is 1. The van der Waals surface area contributed by atoms with Gasteiger partial charge in [0.1, 0.15) is 0 Å². The number of anilines is 2. The van der Waals surface area contributed by atoms with Crippen LogP contribution in [-0.2, 0) is 0 Å². The van der Waals surface area contributed by atoms with Crippen LogP contribution >= 0.6 is 23.2 Å². The van der Waals surface area contributed by atoms with E-state index in [1.807, 2.05) is 0 Å². The molecule has 0 bridgehead atoms. The van der Waals surface area contributed by atoms with Gasteiger partial charge >= 0.3 is 0 Å². The second kappa shape index (κ2) is 7.50. The summed E-state index contributed by atoms with van der Waals surface area (Å²) in [4.78, 5) is 34.5. The molecule has 2 heterocycles. The van der Waals surface area contributed by atoms with E-state index in [-0.39, 0.29) is 22.7 Å². The van der Waals surface area contributed by atoms with E-state index in [0.717, 1.165) is 0 Å². The lowest BCUT2D eigenvalue weighted by molar-refractivity contribution is -0.384. The summed E-state index contributed by atoms with van der Waals surface area (Å²) in [5.41, 5.74) is 1.22. The molecule has 0 aliphatic carbocycles. The van der Waals surface area contributed by atoms with Crippen molar-refractivity contribution in [2.75, 3.05) is 5.32 Å². The van der Waals surface area contributed by atoms with Crippen LogP contribution in [0.25, 0.3) is 22.2 Å². The minimum atomic E-state index is -0.493. The Morgan fingerprint density at radius 1 is 1.07 bits per heavy atom.